The van der Waals surface area contributed by atoms with Crippen LogP contribution in [0.15, 0.2) is 78.9 Å². The van der Waals surface area contributed by atoms with Crippen molar-refractivity contribution in [3.8, 4) is 0 Å². The molecule has 1 unspecified atom stereocenters. The number of hydrogen-bond acceptors (Lipinski definition) is 4. The zero-order valence-electron chi connectivity index (χ0n) is 14.7. The molecule has 0 saturated carbocycles. The van der Waals surface area contributed by atoms with Crippen LogP contribution in [0.1, 0.15) is 24.0 Å². The number of allylic oxidation sites excluding steroid dienone is 2. The average Bonchev–Trinajstić information content (AvgIpc) is 2.66. The smallest absolute Gasteiger partial charge is 0.313 e. The van der Waals surface area contributed by atoms with E-state index in [9.17, 15) is 14.7 Å². The summed E-state index contributed by atoms with van der Waals surface area (Å²) in [7, 11) is 1.23. The number of ketones is 1. The van der Waals surface area contributed by atoms with Crippen LogP contribution in [0.3, 0.4) is 0 Å². The van der Waals surface area contributed by atoms with Crippen molar-refractivity contribution in [2.24, 2.45) is 0 Å². The van der Waals surface area contributed by atoms with E-state index in [2.05, 4.69) is 4.74 Å². The van der Waals surface area contributed by atoms with Crippen molar-refractivity contribution in [1.82, 2.24) is 0 Å². The van der Waals surface area contributed by atoms with Gasteiger partial charge in [0.15, 0.2) is 0 Å². The molecule has 0 saturated heterocycles. The standard InChI is InChI=1S/C22H22O4/c1-26-22(25)16-20(24)15-19(23)13-8-14-21(17-9-4-2-5-10-17)18-11-6-3-7-12-18/h2-14,19,23H,15-16H2,1H3. The minimum atomic E-state index is -0.948. The molecule has 0 spiro atoms. The molecule has 0 amide bonds. The lowest BCUT2D eigenvalue weighted by atomic mass is 9.97. The Balaban J connectivity index is 2.11. The van der Waals surface area contributed by atoms with E-state index in [1.54, 1.807) is 12.2 Å². The van der Waals surface area contributed by atoms with Crippen molar-refractivity contribution in [3.63, 3.8) is 0 Å². The second kappa shape index (κ2) is 10.1. The number of esters is 1. The predicted octanol–water partition coefficient (Wildman–Crippen LogP) is 3.56. The fraction of sp³-hybridized carbons (Fsp3) is 0.182. The Morgan fingerprint density at radius 2 is 1.54 bits per heavy atom. The van der Waals surface area contributed by atoms with Crippen molar-refractivity contribution in [2.75, 3.05) is 7.11 Å². The van der Waals surface area contributed by atoms with E-state index in [0.29, 0.717) is 0 Å². The molecule has 2 aromatic rings. The van der Waals surface area contributed by atoms with Gasteiger partial charge in [-0.1, -0.05) is 78.9 Å². The summed E-state index contributed by atoms with van der Waals surface area (Å²) in [6.07, 6.45) is 3.78. The summed E-state index contributed by atoms with van der Waals surface area (Å²) in [6, 6.07) is 19.9. The lowest BCUT2D eigenvalue weighted by Crippen LogP contribution is -2.15. The molecule has 0 aliphatic carbocycles. The number of carbonyl (C=O) groups excluding carboxylic acids is 2. The summed E-state index contributed by atoms with van der Waals surface area (Å²) in [6.45, 7) is 0. The van der Waals surface area contributed by atoms with E-state index in [1.165, 1.54) is 7.11 Å². The van der Waals surface area contributed by atoms with Gasteiger partial charge in [-0.15, -0.1) is 0 Å². The molecule has 0 aliphatic heterocycles. The Morgan fingerprint density at radius 3 is 2.04 bits per heavy atom. The number of rotatable bonds is 8. The molecule has 4 heteroatoms. The van der Waals surface area contributed by atoms with E-state index >= 15 is 0 Å². The third kappa shape index (κ3) is 6.15. The summed E-state index contributed by atoms with van der Waals surface area (Å²) in [5.41, 5.74) is 3.12. The molecular formula is C22H22O4. The second-order valence-corrected chi connectivity index (χ2v) is 5.76. The predicted molar refractivity (Wildman–Crippen MR) is 101 cm³/mol. The van der Waals surface area contributed by atoms with E-state index in [-0.39, 0.29) is 18.6 Å². The first-order valence-electron chi connectivity index (χ1n) is 8.36. The molecule has 2 rings (SSSR count). The van der Waals surface area contributed by atoms with E-state index in [1.807, 2.05) is 66.7 Å². The first-order chi connectivity index (χ1) is 12.6. The van der Waals surface area contributed by atoms with Crippen LogP contribution in [-0.4, -0.2) is 30.1 Å². The van der Waals surface area contributed by atoms with E-state index < -0.39 is 12.1 Å². The highest BCUT2D eigenvalue weighted by molar-refractivity contribution is 5.95. The van der Waals surface area contributed by atoms with Gasteiger partial charge in [-0.3, -0.25) is 9.59 Å². The van der Waals surface area contributed by atoms with Gasteiger partial charge >= 0.3 is 5.97 Å². The van der Waals surface area contributed by atoms with Gasteiger partial charge in [0.2, 0.25) is 0 Å². The molecule has 134 valence electrons. The summed E-state index contributed by atoms with van der Waals surface area (Å²) in [4.78, 5) is 22.7. The van der Waals surface area contributed by atoms with Crippen LogP contribution in [-0.2, 0) is 14.3 Å². The molecule has 1 N–H and O–H groups in total. The van der Waals surface area contributed by atoms with Crippen molar-refractivity contribution in [2.45, 2.75) is 18.9 Å². The second-order valence-electron chi connectivity index (χ2n) is 5.76. The Labute approximate surface area is 153 Å². The number of carbonyl (C=O) groups is 2. The van der Waals surface area contributed by atoms with Crippen molar-refractivity contribution in [1.29, 1.82) is 0 Å². The number of hydrogen-bond donors (Lipinski definition) is 1. The van der Waals surface area contributed by atoms with Crippen LogP contribution in [0, 0.1) is 0 Å². The maximum atomic E-state index is 11.7. The molecular weight excluding hydrogens is 328 g/mol. The molecule has 0 heterocycles. The Kier molecular flexibility index (Phi) is 7.52. The molecule has 0 radical (unpaired) electrons. The SMILES string of the molecule is COC(=O)CC(=O)CC(O)C=CC=C(c1ccccc1)c1ccccc1. The van der Waals surface area contributed by atoms with Crippen LogP contribution in [0.2, 0.25) is 0 Å². The van der Waals surface area contributed by atoms with Gasteiger partial charge in [-0.2, -0.15) is 0 Å². The highest BCUT2D eigenvalue weighted by Crippen LogP contribution is 2.23. The lowest BCUT2D eigenvalue weighted by molar-refractivity contribution is -0.143. The number of benzene rings is 2. The number of ether oxygens (including phenoxy) is 1. The van der Waals surface area contributed by atoms with Gasteiger partial charge in [-0.25, -0.2) is 0 Å². The maximum absolute atomic E-state index is 11.7. The minimum Gasteiger partial charge on any atom is -0.469 e. The zero-order chi connectivity index (χ0) is 18.8. The first kappa shape index (κ1) is 19.3. The maximum Gasteiger partial charge on any atom is 0.313 e. The van der Waals surface area contributed by atoms with Gasteiger partial charge in [-0.05, 0) is 16.7 Å². The minimum absolute atomic E-state index is 0.120. The fourth-order valence-corrected chi connectivity index (χ4v) is 2.48. The topological polar surface area (TPSA) is 63.6 Å². The normalized spacial score (nSPS) is 11.8. The highest BCUT2D eigenvalue weighted by atomic mass is 16.5. The van der Waals surface area contributed by atoms with Crippen molar-refractivity contribution in [3.05, 3.63) is 90.0 Å². The van der Waals surface area contributed by atoms with Gasteiger partial charge < -0.3 is 9.84 Å². The third-order valence-corrected chi connectivity index (χ3v) is 3.77. The number of methoxy groups -OCH3 is 1. The summed E-state index contributed by atoms with van der Waals surface area (Å²) in [5.74, 6) is -0.953. The molecule has 0 aliphatic rings. The monoisotopic (exact) mass is 350 g/mol. The molecule has 1 atom stereocenters. The molecule has 0 fully saturated rings. The van der Waals surface area contributed by atoms with Crippen LogP contribution in [0.25, 0.3) is 5.57 Å². The van der Waals surface area contributed by atoms with E-state index in [4.69, 9.17) is 0 Å². The number of aliphatic hydroxyl groups excluding tert-OH is 1. The van der Waals surface area contributed by atoms with Gasteiger partial charge in [0.25, 0.3) is 0 Å². The van der Waals surface area contributed by atoms with E-state index in [0.717, 1.165) is 16.7 Å². The third-order valence-electron chi connectivity index (χ3n) is 3.77. The van der Waals surface area contributed by atoms with Gasteiger partial charge in [0, 0.05) is 6.42 Å². The molecule has 4 nitrogen and oxygen atoms in total. The van der Waals surface area contributed by atoms with Crippen LogP contribution in [0.5, 0.6) is 0 Å². The first-order valence-corrected chi connectivity index (χ1v) is 8.36. The molecule has 0 aromatic heterocycles. The summed E-state index contributed by atoms with van der Waals surface area (Å²) >= 11 is 0. The number of Topliss-reactive ketones (excluding diaryl/α,β-unsaturated/α-hetero) is 1. The quantitative estimate of drug-likeness (QED) is 0.449. The Bertz CT molecular complexity index is 735. The lowest BCUT2D eigenvalue weighted by Gasteiger charge is -2.08. The average molecular weight is 350 g/mol. The largest absolute Gasteiger partial charge is 0.469 e. The fourth-order valence-electron chi connectivity index (χ4n) is 2.48. The Hall–Kier alpha value is -2.98. The van der Waals surface area contributed by atoms with Crippen molar-refractivity contribution >= 4 is 17.3 Å². The molecule has 0 bridgehead atoms. The van der Waals surface area contributed by atoms with Crippen LogP contribution < -0.4 is 0 Å². The van der Waals surface area contributed by atoms with Crippen LogP contribution in [0.4, 0.5) is 0 Å². The Morgan fingerprint density at radius 1 is 1.00 bits per heavy atom. The van der Waals surface area contributed by atoms with Crippen LogP contribution >= 0.6 is 0 Å². The number of aliphatic hydroxyl groups is 1. The summed E-state index contributed by atoms with van der Waals surface area (Å²) in [5, 5.41) is 9.97. The molecule has 2 aromatic carbocycles. The van der Waals surface area contributed by atoms with Gasteiger partial charge in [0.1, 0.15) is 12.2 Å². The highest BCUT2D eigenvalue weighted by Gasteiger charge is 2.12. The summed E-state index contributed by atoms with van der Waals surface area (Å²) < 4.78 is 4.44. The zero-order valence-corrected chi connectivity index (χ0v) is 14.7. The molecule has 26 heavy (non-hydrogen) atoms. The van der Waals surface area contributed by atoms with Gasteiger partial charge in [0.05, 0.1) is 13.2 Å². The van der Waals surface area contributed by atoms with Crippen molar-refractivity contribution < 1.29 is 19.4 Å².